The van der Waals surface area contributed by atoms with Crippen LogP contribution < -0.4 is 0 Å². The molecule has 0 aliphatic carbocycles. The Balaban J connectivity index is 0.00000112. The van der Waals surface area contributed by atoms with Crippen molar-refractivity contribution in [1.82, 2.24) is 9.78 Å². The third-order valence-electron chi connectivity index (χ3n) is 2.35. The molecule has 0 fully saturated rings. The molecule has 0 unspecified atom stereocenters. The third kappa shape index (κ3) is 2.55. The topological polar surface area (TPSA) is 17.8 Å². The number of aryl methyl sites for hydroxylation is 2. The van der Waals surface area contributed by atoms with Crippen LogP contribution in [0.3, 0.4) is 0 Å². The van der Waals surface area contributed by atoms with Gasteiger partial charge in [-0.2, -0.15) is 28.4 Å². The van der Waals surface area contributed by atoms with E-state index in [1.165, 1.54) is 11.1 Å². The van der Waals surface area contributed by atoms with E-state index in [1.54, 1.807) is 6.20 Å². The van der Waals surface area contributed by atoms with Crippen molar-refractivity contribution >= 4 is 0 Å². The van der Waals surface area contributed by atoms with E-state index < -0.39 is 0 Å². The monoisotopic (exact) mass is 378 g/mol. The Morgan fingerprint density at radius 3 is 2.80 bits per heavy atom. The van der Waals surface area contributed by atoms with Gasteiger partial charge in [0.25, 0.3) is 0 Å². The van der Waals surface area contributed by atoms with Crippen LogP contribution in [0.1, 0.15) is 18.1 Å². The number of hydrogen-bond acceptors (Lipinski definition) is 1. The van der Waals surface area contributed by atoms with E-state index in [0.29, 0.717) is 0 Å². The molecule has 15 heavy (non-hydrogen) atoms. The van der Waals surface area contributed by atoms with E-state index in [1.807, 2.05) is 23.0 Å². The van der Waals surface area contributed by atoms with Crippen LogP contribution >= 0.6 is 0 Å². The second-order valence-electron chi connectivity index (χ2n) is 3.31. The van der Waals surface area contributed by atoms with Crippen LogP contribution in [0.25, 0.3) is 5.69 Å². The fourth-order valence-corrected chi connectivity index (χ4v) is 1.51. The van der Waals surface area contributed by atoms with Crippen LogP contribution in [0.4, 0.5) is 0 Å². The van der Waals surface area contributed by atoms with Gasteiger partial charge < -0.3 is 0 Å². The minimum atomic E-state index is 0. The Bertz CT molecular complexity index is 421. The fourth-order valence-electron chi connectivity index (χ4n) is 1.51. The summed E-state index contributed by atoms with van der Waals surface area (Å²) in [5.41, 5.74) is 3.57. The predicted molar refractivity (Wildman–Crippen MR) is 56.5 cm³/mol. The first-order valence-electron chi connectivity index (χ1n) is 4.83. The van der Waals surface area contributed by atoms with Crippen LogP contribution in [0, 0.1) is 13.0 Å². The van der Waals surface area contributed by atoms with Crippen molar-refractivity contribution in [1.29, 1.82) is 0 Å². The Morgan fingerprint density at radius 1 is 1.40 bits per heavy atom. The average molecular weight is 377 g/mol. The van der Waals surface area contributed by atoms with E-state index in [9.17, 15) is 0 Å². The van der Waals surface area contributed by atoms with Crippen LogP contribution in [0.15, 0.2) is 30.6 Å². The minimum Gasteiger partial charge on any atom is -0.266 e. The normalized spacial score (nSPS) is 9.73. The zero-order valence-electron chi connectivity index (χ0n) is 8.82. The molecule has 1 radical (unpaired) electrons. The quantitative estimate of drug-likeness (QED) is 0.736. The Kier molecular flexibility index (Phi) is 4.25. The van der Waals surface area contributed by atoms with Crippen molar-refractivity contribution in [3.63, 3.8) is 0 Å². The van der Waals surface area contributed by atoms with E-state index in [2.05, 4.69) is 31.1 Å². The average Bonchev–Trinajstić information content (AvgIpc) is 2.71. The third-order valence-corrected chi connectivity index (χ3v) is 2.35. The van der Waals surface area contributed by atoms with Crippen molar-refractivity contribution in [2.75, 3.05) is 0 Å². The molecule has 1 aromatic heterocycles. The predicted octanol–water partition coefficient (Wildman–Crippen LogP) is 2.54. The van der Waals surface area contributed by atoms with Gasteiger partial charge in [-0.05, 0) is 11.8 Å². The molecule has 0 amide bonds. The summed E-state index contributed by atoms with van der Waals surface area (Å²) in [5.74, 6) is 0. The minimum absolute atomic E-state index is 0. The van der Waals surface area contributed by atoms with Crippen molar-refractivity contribution in [2.24, 2.45) is 0 Å². The van der Waals surface area contributed by atoms with Crippen LogP contribution in [-0.2, 0) is 26.5 Å². The molecule has 0 saturated heterocycles. The molecular formula is C12H13IrN2-. The summed E-state index contributed by atoms with van der Waals surface area (Å²) in [7, 11) is 0. The largest absolute Gasteiger partial charge is 0.266 e. The molecular weight excluding hydrogens is 364 g/mol. The Morgan fingerprint density at radius 2 is 2.20 bits per heavy atom. The second-order valence-corrected chi connectivity index (χ2v) is 3.31. The summed E-state index contributed by atoms with van der Waals surface area (Å²) < 4.78 is 1.83. The van der Waals surface area contributed by atoms with Gasteiger partial charge in [0.05, 0.1) is 0 Å². The number of nitrogens with zero attached hydrogens (tertiary/aromatic N) is 2. The molecule has 2 rings (SSSR count). The molecule has 0 spiro atoms. The summed E-state index contributed by atoms with van der Waals surface area (Å²) in [6.45, 7) is 4.26. The van der Waals surface area contributed by atoms with Gasteiger partial charge in [-0.3, -0.25) is 4.68 Å². The molecule has 0 saturated carbocycles. The van der Waals surface area contributed by atoms with Crippen molar-refractivity contribution in [3.05, 3.63) is 47.8 Å². The van der Waals surface area contributed by atoms with Gasteiger partial charge in [-0.25, -0.2) is 0 Å². The second kappa shape index (κ2) is 5.24. The zero-order chi connectivity index (χ0) is 9.97. The maximum atomic E-state index is 4.18. The smallest absolute Gasteiger partial charge is 0.0493 e. The van der Waals surface area contributed by atoms with Gasteiger partial charge in [-0.15, -0.1) is 6.07 Å². The van der Waals surface area contributed by atoms with Crippen LogP contribution in [-0.4, -0.2) is 9.78 Å². The number of benzene rings is 1. The first-order chi connectivity index (χ1) is 6.81. The standard InChI is InChI=1S/C12H13N2.Ir/c1-3-11-9-12(6-5-10(11)2)14-8-4-7-13-14;/h4-8H,3H2,1-2H3;/q-1;. The first-order valence-corrected chi connectivity index (χ1v) is 4.83. The van der Waals surface area contributed by atoms with Crippen LogP contribution in [0.2, 0.25) is 0 Å². The molecule has 0 atom stereocenters. The molecule has 2 aromatic rings. The Labute approximate surface area is 104 Å². The summed E-state index contributed by atoms with van der Waals surface area (Å²) in [4.78, 5) is 0. The van der Waals surface area contributed by atoms with Gasteiger partial charge in [0, 0.05) is 32.5 Å². The molecule has 0 N–H and O–H groups in total. The van der Waals surface area contributed by atoms with E-state index >= 15 is 0 Å². The molecule has 1 heterocycles. The maximum Gasteiger partial charge on any atom is 0.0493 e. The number of aromatic nitrogens is 2. The van der Waals surface area contributed by atoms with Crippen molar-refractivity contribution < 1.29 is 20.1 Å². The van der Waals surface area contributed by atoms with Crippen LogP contribution in [0.5, 0.6) is 0 Å². The van der Waals surface area contributed by atoms with E-state index in [4.69, 9.17) is 0 Å². The molecule has 1 aromatic carbocycles. The summed E-state index contributed by atoms with van der Waals surface area (Å²) >= 11 is 0. The van der Waals surface area contributed by atoms with Gasteiger partial charge in [0.15, 0.2) is 0 Å². The number of rotatable bonds is 2. The van der Waals surface area contributed by atoms with Crippen molar-refractivity contribution in [3.8, 4) is 5.69 Å². The fraction of sp³-hybridized carbons (Fsp3) is 0.250. The molecule has 2 nitrogen and oxygen atoms in total. The van der Waals surface area contributed by atoms with Gasteiger partial charge in [-0.1, -0.05) is 20.3 Å². The van der Waals surface area contributed by atoms with Gasteiger partial charge in [0.1, 0.15) is 0 Å². The summed E-state index contributed by atoms with van der Waals surface area (Å²) in [6.07, 6.45) is 4.72. The van der Waals surface area contributed by atoms with E-state index in [-0.39, 0.29) is 20.1 Å². The molecule has 3 heteroatoms. The SMILES string of the molecule is CCc1[c-]c(-n2cccn2)ccc1C.[Ir]. The first kappa shape index (κ1) is 12.2. The van der Waals surface area contributed by atoms with E-state index in [0.717, 1.165) is 12.1 Å². The van der Waals surface area contributed by atoms with Gasteiger partial charge in [0.2, 0.25) is 0 Å². The molecule has 0 bridgehead atoms. The summed E-state index contributed by atoms with van der Waals surface area (Å²) in [6, 6.07) is 9.44. The van der Waals surface area contributed by atoms with Crippen molar-refractivity contribution in [2.45, 2.75) is 20.3 Å². The maximum absolute atomic E-state index is 4.18. The molecule has 0 aliphatic heterocycles. The summed E-state index contributed by atoms with van der Waals surface area (Å²) in [5, 5.41) is 4.18. The molecule has 81 valence electrons. The van der Waals surface area contributed by atoms with Gasteiger partial charge >= 0.3 is 0 Å². The molecule has 0 aliphatic rings. The zero-order valence-corrected chi connectivity index (χ0v) is 11.2. The Hall–Kier alpha value is -0.921. The number of hydrogen-bond donors (Lipinski definition) is 0.